The lowest BCUT2D eigenvalue weighted by Crippen LogP contribution is -2.68. The number of ether oxygens (including phenoxy) is 10. The lowest BCUT2D eigenvalue weighted by molar-refractivity contribution is -0.366. The number of carboxylic acids is 1. The number of aliphatic hydroxyl groups excluding tert-OH is 7. The number of rotatable bonds is 14. The Morgan fingerprint density at radius 3 is 1.82 bits per heavy atom. The highest BCUT2D eigenvalue weighted by Crippen LogP contribution is 2.42. The van der Waals surface area contributed by atoms with Gasteiger partial charge in [-0.25, -0.2) is 4.79 Å². The van der Waals surface area contributed by atoms with Gasteiger partial charge in [0.2, 0.25) is 5.91 Å². The summed E-state index contributed by atoms with van der Waals surface area (Å²) >= 11 is 0. The van der Waals surface area contributed by atoms with Crippen molar-refractivity contribution in [3.63, 3.8) is 0 Å². The summed E-state index contributed by atoms with van der Waals surface area (Å²) < 4.78 is 59.8. The standard InChI is InChI=1S/C33H56N2O20/c1-11-19(40)21(42)15(8-36)48-28(11)53-25-18(35-14(4)39)30(47-13(3)20(25)41)51-23-12(2)29(49-16(9-37)22(23)43)52-24-17(10-38)50-31(46-7-6-34)27-26(24)54-33(5,55-27)32(44)45/h11-13,15-31,36-38,40-43H,6-10,34H2,1-5H3,(H,35,39)(H,44,45)/t11?,12?,13?,15?,16?,17?,18?,19?,20?,21?,22?,23?,24?,25?,26?,27?,28?,29?,30?,31?,33-/m0/s1. The molecule has 0 aliphatic carbocycles. The molecule has 22 heteroatoms. The van der Waals surface area contributed by atoms with Gasteiger partial charge in [0, 0.05) is 32.2 Å². The second-order valence-corrected chi connectivity index (χ2v) is 14.7. The second-order valence-electron chi connectivity index (χ2n) is 14.7. The first kappa shape index (κ1) is 44.3. The maximum Gasteiger partial charge on any atom is 0.364 e. The van der Waals surface area contributed by atoms with E-state index in [0.29, 0.717) is 0 Å². The average molecular weight is 801 g/mol. The van der Waals surface area contributed by atoms with Crippen LogP contribution in [0.5, 0.6) is 0 Å². The number of carbonyl (C=O) groups is 2. The van der Waals surface area contributed by atoms with E-state index in [9.17, 15) is 50.4 Å². The molecule has 0 saturated carbocycles. The van der Waals surface area contributed by atoms with Crippen molar-refractivity contribution in [2.75, 3.05) is 33.0 Å². The Balaban J connectivity index is 1.40. The van der Waals surface area contributed by atoms with E-state index < -0.39 is 160 Å². The third-order valence-corrected chi connectivity index (χ3v) is 10.7. The minimum atomic E-state index is -2.15. The number of aliphatic hydroxyl groups is 7. The lowest BCUT2D eigenvalue weighted by atomic mass is 9.90. The van der Waals surface area contributed by atoms with Crippen LogP contribution >= 0.6 is 0 Å². The first-order valence-electron chi connectivity index (χ1n) is 18.3. The van der Waals surface area contributed by atoms with Gasteiger partial charge in [-0.05, 0) is 6.92 Å². The molecule has 318 valence electrons. The Kier molecular flexibility index (Phi) is 14.9. The predicted molar refractivity (Wildman–Crippen MR) is 177 cm³/mol. The monoisotopic (exact) mass is 800 g/mol. The molecule has 0 bridgehead atoms. The molecule has 0 aromatic rings. The molecule has 5 aliphatic heterocycles. The number of carboxylic acid groups (broad SMARTS) is 1. The molecule has 22 nitrogen and oxygen atoms in total. The molecule has 0 radical (unpaired) electrons. The van der Waals surface area contributed by atoms with Crippen LogP contribution in [-0.4, -0.2) is 202 Å². The van der Waals surface area contributed by atoms with Crippen LogP contribution in [0, 0.1) is 11.8 Å². The molecule has 20 unspecified atom stereocenters. The van der Waals surface area contributed by atoms with Gasteiger partial charge in [-0.3, -0.25) is 4.79 Å². The SMILES string of the molecule is CC(=O)NC1C(OC2C(C)C(OC3C(CO)OC(OCCN)C4O[C@@](C)(C(=O)O)OC34)OC(CO)C2O)OC(C)C(O)C1OC1OC(CO)C(O)C(O)C1C. The van der Waals surface area contributed by atoms with Crippen LogP contribution in [0.15, 0.2) is 0 Å². The van der Waals surface area contributed by atoms with Crippen molar-refractivity contribution in [1.29, 1.82) is 0 Å². The summed E-state index contributed by atoms with van der Waals surface area (Å²) in [6.07, 6.45) is -22.1. The number of nitrogens with one attached hydrogen (secondary N) is 1. The van der Waals surface area contributed by atoms with E-state index in [0.717, 1.165) is 0 Å². The van der Waals surface area contributed by atoms with Gasteiger partial charge in [0.25, 0.3) is 5.79 Å². The maximum absolute atomic E-state index is 12.5. The van der Waals surface area contributed by atoms with Gasteiger partial charge in [0.05, 0.1) is 44.7 Å². The number of aliphatic carboxylic acids is 1. The lowest BCUT2D eigenvalue weighted by Gasteiger charge is -2.50. The summed E-state index contributed by atoms with van der Waals surface area (Å²) in [5.41, 5.74) is 5.59. The molecule has 0 spiro atoms. The van der Waals surface area contributed by atoms with Crippen molar-refractivity contribution in [3.05, 3.63) is 0 Å². The fourth-order valence-electron chi connectivity index (χ4n) is 7.50. The van der Waals surface area contributed by atoms with Crippen molar-refractivity contribution in [3.8, 4) is 0 Å². The van der Waals surface area contributed by atoms with Gasteiger partial charge in [0.15, 0.2) is 25.2 Å². The number of hydrogen-bond acceptors (Lipinski definition) is 20. The van der Waals surface area contributed by atoms with Crippen molar-refractivity contribution >= 4 is 11.9 Å². The minimum Gasteiger partial charge on any atom is -0.477 e. The third-order valence-electron chi connectivity index (χ3n) is 10.7. The highest BCUT2D eigenvalue weighted by molar-refractivity contribution is 5.75. The van der Waals surface area contributed by atoms with Gasteiger partial charge in [-0.2, -0.15) is 0 Å². The molecule has 0 aromatic heterocycles. The van der Waals surface area contributed by atoms with Crippen molar-refractivity contribution in [1.82, 2.24) is 5.32 Å². The Morgan fingerprint density at radius 1 is 0.691 bits per heavy atom. The summed E-state index contributed by atoms with van der Waals surface area (Å²) in [6, 6.07) is -1.29. The summed E-state index contributed by atoms with van der Waals surface area (Å²) in [5.74, 6) is -6.00. The number of carbonyl (C=O) groups excluding carboxylic acids is 1. The zero-order valence-corrected chi connectivity index (χ0v) is 31.1. The molecule has 5 aliphatic rings. The molecule has 5 saturated heterocycles. The van der Waals surface area contributed by atoms with E-state index in [4.69, 9.17) is 53.1 Å². The van der Waals surface area contributed by atoms with E-state index in [2.05, 4.69) is 5.32 Å². The summed E-state index contributed by atoms with van der Waals surface area (Å²) in [4.78, 5) is 24.7. The maximum atomic E-state index is 12.5. The van der Waals surface area contributed by atoms with Gasteiger partial charge >= 0.3 is 5.97 Å². The van der Waals surface area contributed by atoms with Crippen LogP contribution in [0.3, 0.4) is 0 Å². The largest absolute Gasteiger partial charge is 0.477 e. The van der Waals surface area contributed by atoms with E-state index in [1.807, 2.05) is 0 Å². The summed E-state index contributed by atoms with van der Waals surface area (Å²) in [5, 5.41) is 86.5. The van der Waals surface area contributed by atoms with Crippen LogP contribution in [0.4, 0.5) is 0 Å². The fourth-order valence-corrected chi connectivity index (χ4v) is 7.50. The van der Waals surface area contributed by atoms with Gasteiger partial charge in [0.1, 0.15) is 67.1 Å². The first-order chi connectivity index (χ1) is 26.0. The summed E-state index contributed by atoms with van der Waals surface area (Å²) in [6.45, 7) is 5.06. The normalized spacial score (nSPS) is 49.0. The fraction of sp³-hybridized carbons (Fsp3) is 0.939. The molecule has 5 heterocycles. The number of nitrogens with two attached hydrogens (primary N) is 1. The van der Waals surface area contributed by atoms with Crippen molar-refractivity contribution in [2.24, 2.45) is 17.6 Å². The Morgan fingerprint density at radius 2 is 1.24 bits per heavy atom. The van der Waals surface area contributed by atoms with Crippen LogP contribution in [-0.2, 0) is 57.0 Å². The zero-order chi connectivity index (χ0) is 40.5. The number of fused-ring (bicyclic) bond motifs is 1. The Hall–Kier alpha value is -1.78. The quantitative estimate of drug-likeness (QED) is 0.0785. The van der Waals surface area contributed by atoms with E-state index in [1.54, 1.807) is 6.92 Å². The van der Waals surface area contributed by atoms with E-state index >= 15 is 0 Å². The predicted octanol–water partition coefficient (Wildman–Crippen LogP) is -5.18. The highest BCUT2D eigenvalue weighted by Gasteiger charge is 2.62. The Bertz CT molecular complexity index is 1290. The van der Waals surface area contributed by atoms with Gasteiger partial charge in [-0.15, -0.1) is 0 Å². The van der Waals surface area contributed by atoms with Crippen molar-refractivity contribution in [2.45, 2.75) is 151 Å². The van der Waals surface area contributed by atoms with Gasteiger partial charge < -0.3 is 99.3 Å². The van der Waals surface area contributed by atoms with E-state index in [-0.39, 0.29) is 13.2 Å². The van der Waals surface area contributed by atoms with Gasteiger partial charge in [-0.1, -0.05) is 13.8 Å². The topological polar surface area (TPSA) is 326 Å². The van der Waals surface area contributed by atoms with Crippen LogP contribution in [0.2, 0.25) is 0 Å². The first-order valence-corrected chi connectivity index (χ1v) is 18.3. The molecular weight excluding hydrogens is 744 g/mol. The Labute approximate surface area is 316 Å². The smallest absolute Gasteiger partial charge is 0.364 e. The number of hydrogen-bond donors (Lipinski definition) is 10. The zero-order valence-electron chi connectivity index (χ0n) is 31.1. The van der Waals surface area contributed by atoms with Crippen molar-refractivity contribution < 1.29 is 97.8 Å². The van der Waals surface area contributed by atoms with Crippen LogP contribution < -0.4 is 11.1 Å². The number of amides is 1. The van der Waals surface area contributed by atoms with Crippen LogP contribution in [0.1, 0.15) is 34.6 Å². The highest BCUT2D eigenvalue weighted by atomic mass is 16.8. The molecule has 55 heavy (non-hydrogen) atoms. The minimum absolute atomic E-state index is 0.00772. The molecule has 21 atom stereocenters. The third kappa shape index (κ3) is 9.11. The molecule has 1 amide bonds. The van der Waals surface area contributed by atoms with E-state index in [1.165, 1.54) is 27.7 Å². The molecular formula is C33H56N2O20. The molecule has 0 aromatic carbocycles. The molecule has 5 fully saturated rings. The molecule has 5 rings (SSSR count). The molecule has 11 N–H and O–H groups in total. The van der Waals surface area contributed by atoms with Crippen LogP contribution in [0.25, 0.3) is 0 Å². The summed E-state index contributed by atoms with van der Waals surface area (Å²) in [7, 11) is 0. The second kappa shape index (κ2) is 18.4. The average Bonchev–Trinajstić information content (AvgIpc) is 3.52.